The molecule has 8 nitrogen and oxygen atoms in total. The van der Waals surface area contributed by atoms with E-state index in [0.29, 0.717) is 34.6 Å². The van der Waals surface area contributed by atoms with Crippen molar-refractivity contribution in [3.05, 3.63) is 96.1 Å². The quantitative estimate of drug-likeness (QED) is 0.233. The van der Waals surface area contributed by atoms with Crippen LogP contribution in [0, 0.1) is 17.1 Å². The van der Waals surface area contributed by atoms with E-state index < -0.39 is 12.2 Å². The SMILES string of the molecule is CC(OC(=O)Nc1ccc(-c2c(C#N)c3ccc(Oc4nccn4C)cc3n2C2CC2)cc1)c1ccc(F)cc1. The molecule has 9 heteroatoms. The predicted octanol–water partition coefficient (Wildman–Crippen LogP) is 7.49. The number of anilines is 1. The maximum atomic E-state index is 13.2. The van der Waals surface area contributed by atoms with Crippen molar-refractivity contribution in [3.63, 3.8) is 0 Å². The number of nitriles is 1. The number of imidazole rings is 1. The van der Waals surface area contributed by atoms with E-state index in [1.54, 1.807) is 42.0 Å². The minimum absolute atomic E-state index is 0.295. The van der Waals surface area contributed by atoms with Crippen LogP contribution in [0.5, 0.6) is 11.8 Å². The van der Waals surface area contributed by atoms with E-state index in [2.05, 4.69) is 20.9 Å². The van der Waals surface area contributed by atoms with Crippen molar-refractivity contribution in [2.24, 2.45) is 7.05 Å². The number of aromatic nitrogens is 3. The average Bonchev–Trinajstić information content (AvgIpc) is 3.63. The molecule has 1 N–H and O–H groups in total. The number of nitrogens with one attached hydrogen (secondary N) is 1. The summed E-state index contributed by atoms with van der Waals surface area (Å²) in [6.45, 7) is 1.73. The van der Waals surface area contributed by atoms with Gasteiger partial charge in [-0.2, -0.15) is 5.26 Å². The first-order valence-electron chi connectivity index (χ1n) is 13.0. The number of ether oxygens (including phenoxy) is 2. The van der Waals surface area contributed by atoms with Crippen molar-refractivity contribution >= 4 is 22.7 Å². The Hall–Kier alpha value is -5.10. The number of hydrogen-bond acceptors (Lipinski definition) is 5. The van der Waals surface area contributed by atoms with Gasteiger partial charge in [-0.05, 0) is 67.3 Å². The molecule has 0 aliphatic heterocycles. The van der Waals surface area contributed by atoms with Crippen LogP contribution in [0.4, 0.5) is 14.9 Å². The van der Waals surface area contributed by atoms with Gasteiger partial charge in [-0.15, -0.1) is 0 Å². The zero-order chi connectivity index (χ0) is 27.8. The van der Waals surface area contributed by atoms with Crippen LogP contribution < -0.4 is 10.1 Å². The number of carbonyl (C=O) groups is 1. The summed E-state index contributed by atoms with van der Waals surface area (Å²) in [4.78, 5) is 16.7. The van der Waals surface area contributed by atoms with E-state index in [1.165, 1.54) is 12.1 Å². The Bertz CT molecular complexity index is 1750. The van der Waals surface area contributed by atoms with Crippen molar-refractivity contribution in [1.29, 1.82) is 5.26 Å². The Morgan fingerprint density at radius 2 is 1.88 bits per heavy atom. The molecule has 1 saturated carbocycles. The van der Waals surface area contributed by atoms with E-state index in [9.17, 15) is 14.4 Å². The van der Waals surface area contributed by atoms with Gasteiger partial charge in [0.25, 0.3) is 0 Å². The predicted molar refractivity (Wildman–Crippen MR) is 149 cm³/mol. The van der Waals surface area contributed by atoms with Crippen LogP contribution in [0.1, 0.15) is 43.0 Å². The van der Waals surface area contributed by atoms with Gasteiger partial charge in [0.2, 0.25) is 0 Å². The lowest BCUT2D eigenvalue weighted by Crippen LogP contribution is -2.16. The van der Waals surface area contributed by atoms with Crippen molar-refractivity contribution in [2.45, 2.75) is 31.9 Å². The minimum atomic E-state index is -0.616. The molecule has 6 rings (SSSR count). The number of fused-ring (bicyclic) bond motifs is 1. The lowest BCUT2D eigenvalue weighted by Gasteiger charge is -2.15. The fourth-order valence-corrected chi connectivity index (χ4v) is 4.84. The highest BCUT2D eigenvalue weighted by atomic mass is 19.1. The normalized spacial score (nSPS) is 13.6. The number of aryl methyl sites for hydroxylation is 1. The Labute approximate surface area is 230 Å². The highest BCUT2D eigenvalue weighted by Crippen LogP contribution is 2.45. The first kappa shape index (κ1) is 25.2. The third-order valence-electron chi connectivity index (χ3n) is 7.01. The molecular weight excluding hydrogens is 509 g/mol. The van der Waals surface area contributed by atoms with Gasteiger partial charge in [0.1, 0.15) is 23.7 Å². The van der Waals surface area contributed by atoms with Crippen molar-refractivity contribution in [3.8, 4) is 29.1 Å². The van der Waals surface area contributed by atoms with E-state index >= 15 is 0 Å². The summed E-state index contributed by atoms with van der Waals surface area (Å²) >= 11 is 0. The molecule has 2 aromatic heterocycles. The summed E-state index contributed by atoms with van der Waals surface area (Å²) in [5.74, 6) is 0.295. The fourth-order valence-electron chi connectivity index (χ4n) is 4.84. The van der Waals surface area contributed by atoms with Crippen molar-refractivity contribution in [1.82, 2.24) is 14.1 Å². The molecule has 0 bridgehead atoms. The van der Waals surface area contributed by atoms with Crippen molar-refractivity contribution in [2.75, 3.05) is 5.32 Å². The first-order valence-corrected chi connectivity index (χ1v) is 13.0. The molecule has 40 heavy (non-hydrogen) atoms. The Kier molecular flexibility index (Phi) is 6.44. The number of nitrogens with zero attached hydrogens (tertiary/aromatic N) is 4. The van der Waals surface area contributed by atoms with Crippen LogP contribution in [0.25, 0.3) is 22.2 Å². The standard InChI is InChI=1S/C31H26FN5O3/c1-19(20-3-7-22(32)8-4-20)39-31(38)35-23-9-5-21(6-10-23)29-27(18-33)26-14-13-25(40-30-34-15-16-36(30)2)17-28(26)37(29)24-11-12-24/h3-10,13-17,19,24H,11-12H2,1-2H3,(H,35,38). The second kappa shape index (κ2) is 10.2. The van der Waals surface area contributed by atoms with Gasteiger partial charge in [0, 0.05) is 42.6 Å². The number of hydrogen-bond donors (Lipinski definition) is 1. The summed E-state index contributed by atoms with van der Waals surface area (Å²) in [5, 5.41) is 13.8. The zero-order valence-corrected chi connectivity index (χ0v) is 22.0. The van der Waals surface area contributed by atoms with Gasteiger partial charge >= 0.3 is 12.1 Å². The molecule has 1 fully saturated rings. The second-order valence-corrected chi connectivity index (χ2v) is 9.84. The highest BCUT2D eigenvalue weighted by molar-refractivity contribution is 5.96. The Morgan fingerprint density at radius 3 is 2.52 bits per heavy atom. The topological polar surface area (TPSA) is 94.1 Å². The van der Waals surface area contributed by atoms with E-state index in [4.69, 9.17) is 9.47 Å². The molecule has 200 valence electrons. The number of benzene rings is 3. The molecule has 1 aliphatic rings. The molecule has 0 radical (unpaired) electrons. The smallest absolute Gasteiger partial charge is 0.412 e. The molecular formula is C31H26FN5O3. The average molecular weight is 536 g/mol. The molecule has 1 amide bonds. The van der Waals surface area contributed by atoms with Crippen LogP contribution in [0.15, 0.2) is 79.1 Å². The summed E-state index contributed by atoms with van der Waals surface area (Å²) in [6.07, 6.45) is 4.40. The molecule has 0 saturated heterocycles. The largest absolute Gasteiger partial charge is 0.441 e. The van der Waals surface area contributed by atoms with Gasteiger partial charge in [-0.25, -0.2) is 14.2 Å². The maximum absolute atomic E-state index is 13.2. The summed E-state index contributed by atoms with van der Waals surface area (Å²) in [6, 6.07) is 22.1. The van der Waals surface area contributed by atoms with E-state index in [-0.39, 0.29) is 5.82 Å². The third-order valence-corrected chi connectivity index (χ3v) is 7.01. The van der Waals surface area contributed by atoms with Gasteiger partial charge in [0.15, 0.2) is 0 Å². The number of halogens is 1. The number of amides is 1. The molecule has 1 atom stereocenters. The summed E-state index contributed by atoms with van der Waals surface area (Å²) < 4.78 is 28.7. The van der Waals surface area contributed by atoms with Crippen molar-refractivity contribution < 1.29 is 18.7 Å². The van der Waals surface area contributed by atoms with Gasteiger partial charge in [-0.3, -0.25) is 5.32 Å². The van der Waals surface area contributed by atoms with Crippen LogP contribution >= 0.6 is 0 Å². The Morgan fingerprint density at radius 1 is 1.12 bits per heavy atom. The summed E-state index contributed by atoms with van der Waals surface area (Å²) in [5.41, 5.74) is 4.48. The van der Waals surface area contributed by atoms with Crippen LogP contribution in [-0.4, -0.2) is 20.2 Å². The monoisotopic (exact) mass is 535 g/mol. The van der Waals surface area contributed by atoms with Gasteiger partial charge in [0.05, 0.1) is 16.8 Å². The molecule has 1 aliphatic carbocycles. The fraction of sp³-hybridized carbons (Fsp3) is 0.194. The van der Waals surface area contributed by atoms with E-state index in [1.807, 2.05) is 43.6 Å². The first-order chi connectivity index (χ1) is 19.4. The number of carbonyl (C=O) groups excluding carboxylic acids is 1. The van der Waals surface area contributed by atoms with E-state index in [0.717, 1.165) is 35.0 Å². The Balaban J connectivity index is 1.26. The lowest BCUT2D eigenvalue weighted by atomic mass is 10.1. The zero-order valence-electron chi connectivity index (χ0n) is 22.0. The third kappa shape index (κ3) is 4.87. The molecule has 3 aromatic carbocycles. The van der Waals surface area contributed by atoms with Crippen LogP contribution in [0.2, 0.25) is 0 Å². The molecule has 2 heterocycles. The number of rotatable bonds is 7. The lowest BCUT2D eigenvalue weighted by molar-refractivity contribution is 0.121. The maximum Gasteiger partial charge on any atom is 0.412 e. The minimum Gasteiger partial charge on any atom is -0.441 e. The highest BCUT2D eigenvalue weighted by Gasteiger charge is 2.31. The molecule has 0 spiro atoms. The van der Waals surface area contributed by atoms with Crippen LogP contribution in [0.3, 0.4) is 0 Å². The van der Waals surface area contributed by atoms with Gasteiger partial charge in [-0.1, -0.05) is 24.3 Å². The second-order valence-electron chi connectivity index (χ2n) is 9.84. The van der Waals surface area contributed by atoms with Gasteiger partial charge < -0.3 is 18.6 Å². The van der Waals surface area contributed by atoms with Crippen LogP contribution in [-0.2, 0) is 11.8 Å². The summed E-state index contributed by atoms with van der Waals surface area (Å²) in [7, 11) is 1.87. The molecule has 1 unspecified atom stereocenters. The molecule has 5 aromatic rings.